The van der Waals surface area contributed by atoms with Crippen molar-refractivity contribution >= 4 is 16.9 Å². The number of carbonyl (C=O) groups is 1. The van der Waals surface area contributed by atoms with E-state index in [0.29, 0.717) is 11.8 Å². The Labute approximate surface area is 103 Å². The van der Waals surface area contributed by atoms with Crippen LogP contribution in [0.3, 0.4) is 0 Å². The molecule has 0 heterocycles. The maximum absolute atomic E-state index is 12.9. The third kappa shape index (κ3) is 4.66. The summed E-state index contributed by atoms with van der Waals surface area (Å²) in [5.74, 6) is -10.6. The molecule has 0 aromatic carbocycles. The molecule has 0 bridgehead atoms. The van der Waals surface area contributed by atoms with Crippen LogP contribution >= 0.6 is 11.8 Å². The Balaban J connectivity index is 4.48. The average Bonchev–Trinajstić information content (AvgIpc) is 2.27. The van der Waals surface area contributed by atoms with Crippen molar-refractivity contribution in [1.29, 1.82) is 0 Å². The minimum atomic E-state index is -5.41. The van der Waals surface area contributed by atoms with E-state index in [-0.39, 0.29) is 6.42 Å². The highest BCUT2D eigenvalue weighted by molar-refractivity contribution is 8.13. The second-order valence-electron chi connectivity index (χ2n) is 3.42. The topological polar surface area (TPSA) is 17.1 Å². The van der Waals surface area contributed by atoms with Gasteiger partial charge in [0.2, 0.25) is 6.17 Å². The van der Waals surface area contributed by atoms with Gasteiger partial charge in [0.1, 0.15) is 0 Å². The number of alkyl halides is 7. The van der Waals surface area contributed by atoms with Gasteiger partial charge in [-0.2, -0.15) is 8.78 Å². The molecule has 1 nitrogen and oxygen atoms in total. The van der Waals surface area contributed by atoms with E-state index in [9.17, 15) is 35.5 Å². The third-order valence-corrected chi connectivity index (χ3v) is 3.01. The van der Waals surface area contributed by atoms with E-state index in [0.717, 1.165) is 0 Å². The SMILES string of the molecule is CCC(=O)SCCC(F)(F)C(F)C(F)(F)C(F)F. The Bertz CT molecular complexity index is 282. The minimum Gasteiger partial charge on any atom is -0.287 e. The lowest BCUT2D eigenvalue weighted by Crippen LogP contribution is -2.48. The molecular weight excluding hydrogens is 289 g/mol. The lowest BCUT2D eigenvalue weighted by molar-refractivity contribution is -0.231. The van der Waals surface area contributed by atoms with Gasteiger partial charge in [-0.25, -0.2) is 22.0 Å². The molecule has 0 saturated heterocycles. The first-order valence-electron chi connectivity index (χ1n) is 4.89. The lowest BCUT2D eigenvalue weighted by atomic mass is 10.1. The van der Waals surface area contributed by atoms with Gasteiger partial charge in [0.25, 0.3) is 5.92 Å². The molecule has 0 saturated carbocycles. The van der Waals surface area contributed by atoms with Gasteiger partial charge >= 0.3 is 12.3 Å². The maximum atomic E-state index is 12.9. The van der Waals surface area contributed by atoms with Crippen LogP contribution in [-0.4, -0.2) is 35.3 Å². The van der Waals surface area contributed by atoms with Crippen LogP contribution in [0.5, 0.6) is 0 Å². The smallest absolute Gasteiger partial charge is 0.287 e. The van der Waals surface area contributed by atoms with E-state index in [1.165, 1.54) is 6.92 Å². The number of hydrogen-bond donors (Lipinski definition) is 0. The van der Waals surface area contributed by atoms with Crippen LogP contribution in [0.25, 0.3) is 0 Å². The monoisotopic (exact) mass is 300 g/mol. The Kier molecular flexibility index (Phi) is 6.45. The highest BCUT2D eigenvalue weighted by Gasteiger charge is 2.60. The first-order chi connectivity index (χ1) is 8.05. The van der Waals surface area contributed by atoms with E-state index >= 15 is 0 Å². The summed E-state index contributed by atoms with van der Waals surface area (Å²) in [6.45, 7) is 1.45. The molecule has 0 rings (SSSR count). The van der Waals surface area contributed by atoms with Gasteiger partial charge in [-0.1, -0.05) is 18.7 Å². The van der Waals surface area contributed by atoms with E-state index < -0.39 is 41.7 Å². The Hall–Kier alpha value is -0.470. The van der Waals surface area contributed by atoms with Crippen molar-refractivity contribution in [2.75, 3.05) is 5.75 Å². The summed E-state index contributed by atoms with van der Waals surface area (Å²) in [7, 11) is 0. The van der Waals surface area contributed by atoms with Gasteiger partial charge < -0.3 is 0 Å². The molecule has 18 heavy (non-hydrogen) atoms. The molecule has 1 atom stereocenters. The van der Waals surface area contributed by atoms with Crippen molar-refractivity contribution in [1.82, 2.24) is 0 Å². The van der Waals surface area contributed by atoms with Crippen LogP contribution in [-0.2, 0) is 4.79 Å². The van der Waals surface area contributed by atoms with Gasteiger partial charge in [-0.15, -0.1) is 0 Å². The summed E-state index contributed by atoms with van der Waals surface area (Å²) in [5, 5.41) is -0.471. The van der Waals surface area contributed by atoms with Gasteiger partial charge in [-0.05, 0) is 0 Å². The molecule has 0 spiro atoms. The largest absolute Gasteiger partial charge is 0.343 e. The summed E-state index contributed by atoms with van der Waals surface area (Å²) in [6, 6.07) is 0. The summed E-state index contributed by atoms with van der Waals surface area (Å²) in [6.07, 6.45) is -10.2. The molecule has 0 aliphatic rings. The lowest BCUT2D eigenvalue weighted by Gasteiger charge is -2.26. The summed E-state index contributed by atoms with van der Waals surface area (Å²) in [4.78, 5) is 10.7. The molecule has 0 aromatic heterocycles. The zero-order chi connectivity index (χ0) is 14.6. The molecular formula is C9H11F7OS. The predicted molar refractivity (Wildman–Crippen MR) is 53.2 cm³/mol. The number of carbonyl (C=O) groups excluding carboxylic acids is 1. The first-order valence-corrected chi connectivity index (χ1v) is 5.87. The number of hydrogen-bond acceptors (Lipinski definition) is 2. The molecule has 0 radical (unpaired) electrons. The average molecular weight is 300 g/mol. The zero-order valence-electron chi connectivity index (χ0n) is 9.24. The highest BCUT2D eigenvalue weighted by atomic mass is 32.2. The molecule has 1 unspecified atom stereocenters. The molecule has 0 aromatic rings. The minimum absolute atomic E-state index is 0.0441. The number of halogens is 7. The van der Waals surface area contributed by atoms with Crippen molar-refractivity contribution < 1.29 is 35.5 Å². The molecule has 0 fully saturated rings. The highest BCUT2D eigenvalue weighted by Crippen LogP contribution is 2.40. The Morgan fingerprint density at radius 1 is 1.17 bits per heavy atom. The van der Waals surface area contributed by atoms with Crippen LogP contribution in [0.2, 0.25) is 0 Å². The van der Waals surface area contributed by atoms with Crippen LogP contribution in [0.1, 0.15) is 19.8 Å². The van der Waals surface area contributed by atoms with E-state index in [1.807, 2.05) is 0 Å². The molecule has 0 aliphatic heterocycles. The standard InChI is InChI=1S/C9H11F7OS/c1-2-5(17)18-4-3-8(13,14)6(10)9(15,16)7(11)12/h6-7H,2-4H2,1H3. The quantitative estimate of drug-likeness (QED) is 0.663. The zero-order valence-corrected chi connectivity index (χ0v) is 10.1. The van der Waals surface area contributed by atoms with E-state index in [1.54, 1.807) is 0 Å². The van der Waals surface area contributed by atoms with Gasteiger partial charge in [0.15, 0.2) is 5.12 Å². The fourth-order valence-electron chi connectivity index (χ4n) is 0.922. The van der Waals surface area contributed by atoms with Crippen molar-refractivity contribution in [2.45, 2.75) is 44.2 Å². The fourth-order valence-corrected chi connectivity index (χ4v) is 1.73. The van der Waals surface area contributed by atoms with Crippen molar-refractivity contribution in [3.63, 3.8) is 0 Å². The van der Waals surface area contributed by atoms with Crippen LogP contribution in [0.15, 0.2) is 0 Å². The van der Waals surface area contributed by atoms with Crippen molar-refractivity contribution in [3.05, 3.63) is 0 Å². The van der Waals surface area contributed by atoms with Gasteiger partial charge in [0, 0.05) is 18.6 Å². The molecule has 108 valence electrons. The fraction of sp³-hybridized carbons (Fsp3) is 0.889. The van der Waals surface area contributed by atoms with Crippen LogP contribution in [0, 0.1) is 0 Å². The summed E-state index contributed by atoms with van der Waals surface area (Å²) >= 11 is 0.422. The Morgan fingerprint density at radius 2 is 1.67 bits per heavy atom. The molecule has 0 amide bonds. The molecule has 0 N–H and O–H groups in total. The Morgan fingerprint density at radius 3 is 2.06 bits per heavy atom. The second kappa shape index (κ2) is 6.63. The maximum Gasteiger partial charge on any atom is 0.343 e. The van der Waals surface area contributed by atoms with Crippen molar-refractivity contribution in [2.24, 2.45) is 0 Å². The van der Waals surface area contributed by atoms with Crippen molar-refractivity contribution in [3.8, 4) is 0 Å². The summed E-state index contributed by atoms with van der Waals surface area (Å²) < 4.78 is 86.8. The summed E-state index contributed by atoms with van der Waals surface area (Å²) in [5.41, 5.74) is 0. The van der Waals surface area contributed by atoms with Gasteiger partial charge in [0.05, 0.1) is 0 Å². The second-order valence-corrected chi connectivity index (χ2v) is 4.58. The van der Waals surface area contributed by atoms with E-state index in [4.69, 9.17) is 0 Å². The molecule has 0 aliphatic carbocycles. The first kappa shape index (κ1) is 17.5. The van der Waals surface area contributed by atoms with Crippen LogP contribution in [0.4, 0.5) is 30.7 Å². The van der Waals surface area contributed by atoms with Gasteiger partial charge in [-0.3, -0.25) is 4.79 Å². The van der Waals surface area contributed by atoms with E-state index in [2.05, 4.69) is 0 Å². The normalized spacial score (nSPS) is 14.9. The number of rotatable bonds is 7. The number of thioether (sulfide) groups is 1. The molecule has 9 heteroatoms. The third-order valence-electron chi connectivity index (χ3n) is 1.99. The predicted octanol–water partition coefficient (Wildman–Crippen LogP) is 3.92. The van der Waals surface area contributed by atoms with Crippen LogP contribution < -0.4 is 0 Å².